The first kappa shape index (κ1) is 17.4. The van der Waals surface area contributed by atoms with E-state index in [-0.39, 0.29) is 11.5 Å². The first-order chi connectivity index (χ1) is 13.2. The Morgan fingerprint density at radius 3 is 2.70 bits per heavy atom. The average Bonchev–Trinajstić information content (AvgIpc) is 3.16. The molecular weight excluding hydrogens is 347 g/mol. The summed E-state index contributed by atoms with van der Waals surface area (Å²) in [6, 6.07) is 8.16. The zero-order chi connectivity index (χ0) is 18.8. The lowest BCUT2D eigenvalue weighted by Crippen LogP contribution is -2.49. The van der Waals surface area contributed by atoms with Gasteiger partial charge in [-0.2, -0.15) is 14.6 Å². The minimum absolute atomic E-state index is 0.124. The predicted molar refractivity (Wildman–Crippen MR) is 99.3 cm³/mol. The molecule has 140 valence electrons. The molecule has 27 heavy (non-hydrogen) atoms. The van der Waals surface area contributed by atoms with Crippen LogP contribution in [0, 0.1) is 5.82 Å². The molecule has 0 spiro atoms. The van der Waals surface area contributed by atoms with E-state index in [9.17, 15) is 9.18 Å². The predicted octanol–water partition coefficient (Wildman–Crippen LogP) is 2.18. The van der Waals surface area contributed by atoms with Gasteiger partial charge in [-0.05, 0) is 18.6 Å². The highest BCUT2D eigenvalue weighted by molar-refractivity contribution is 5.94. The van der Waals surface area contributed by atoms with Gasteiger partial charge >= 0.3 is 0 Å². The number of carbonyl (C=O) groups excluding carboxylic acids is 1. The molecule has 0 unspecified atom stereocenters. The van der Waals surface area contributed by atoms with Crippen molar-refractivity contribution in [3.63, 3.8) is 0 Å². The Hall–Kier alpha value is -3.03. The van der Waals surface area contributed by atoms with Crippen molar-refractivity contribution in [2.75, 3.05) is 31.1 Å². The van der Waals surface area contributed by atoms with Gasteiger partial charge in [-0.3, -0.25) is 4.79 Å². The van der Waals surface area contributed by atoms with Gasteiger partial charge in [-0.15, -0.1) is 0 Å². The fourth-order valence-electron chi connectivity index (χ4n) is 3.40. The molecule has 0 bridgehead atoms. The third kappa shape index (κ3) is 3.34. The number of piperazine rings is 1. The summed E-state index contributed by atoms with van der Waals surface area (Å²) in [6.45, 7) is 4.45. The molecule has 4 rings (SSSR count). The van der Waals surface area contributed by atoms with Crippen LogP contribution in [0.2, 0.25) is 0 Å². The van der Waals surface area contributed by atoms with E-state index in [4.69, 9.17) is 0 Å². The van der Waals surface area contributed by atoms with Gasteiger partial charge in [0.2, 0.25) is 0 Å². The normalized spacial score (nSPS) is 14.7. The Morgan fingerprint density at radius 2 is 1.96 bits per heavy atom. The van der Waals surface area contributed by atoms with Gasteiger partial charge in [0, 0.05) is 37.9 Å². The van der Waals surface area contributed by atoms with Crippen LogP contribution in [0.25, 0.3) is 5.78 Å². The molecule has 1 fully saturated rings. The molecule has 1 amide bonds. The van der Waals surface area contributed by atoms with E-state index in [1.165, 1.54) is 18.5 Å². The summed E-state index contributed by atoms with van der Waals surface area (Å²) in [4.78, 5) is 25.2. The number of aromatic nitrogens is 4. The third-order valence-electron chi connectivity index (χ3n) is 4.79. The Balaban J connectivity index is 1.53. The van der Waals surface area contributed by atoms with Crippen molar-refractivity contribution in [1.29, 1.82) is 0 Å². The largest absolute Gasteiger partial charge is 0.353 e. The van der Waals surface area contributed by atoms with Gasteiger partial charge in [0.1, 0.15) is 18.0 Å². The fraction of sp³-hybridized carbons (Fsp3) is 0.368. The minimum Gasteiger partial charge on any atom is -0.353 e. The molecule has 1 aromatic carbocycles. The lowest BCUT2D eigenvalue weighted by Gasteiger charge is -2.36. The van der Waals surface area contributed by atoms with Crippen molar-refractivity contribution in [2.24, 2.45) is 0 Å². The zero-order valence-corrected chi connectivity index (χ0v) is 15.2. The van der Waals surface area contributed by atoms with Crippen molar-refractivity contribution >= 4 is 17.5 Å². The summed E-state index contributed by atoms with van der Waals surface area (Å²) in [6.07, 6.45) is 3.38. The number of hydrogen-bond acceptors (Lipinski definition) is 5. The molecule has 0 radical (unpaired) electrons. The van der Waals surface area contributed by atoms with Gasteiger partial charge in [-0.25, -0.2) is 9.37 Å². The van der Waals surface area contributed by atoms with Crippen LogP contribution in [0.1, 0.15) is 29.4 Å². The summed E-state index contributed by atoms with van der Waals surface area (Å²) < 4.78 is 15.6. The molecule has 7 nitrogen and oxygen atoms in total. The average molecular weight is 368 g/mol. The van der Waals surface area contributed by atoms with Crippen LogP contribution in [0.3, 0.4) is 0 Å². The van der Waals surface area contributed by atoms with E-state index in [0.717, 1.165) is 24.4 Å². The highest BCUT2D eigenvalue weighted by atomic mass is 19.1. The lowest BCUT2D eigenvalue weighted by molar-refractivity contribution is 0.0741. The maximum atomic E-state index is 13.9. The summed E-state index contributed by atoms with van der Waals surface area (Å²) >= 11 is 0. The van der Waals surface area contributed by atoms with Crippen molar-refractivity contribution in [2.45, 2.75) is 19.8 Å². The number of carbonyl (C=O) groups is 1. The minimum atomic E-state index is -0.479. The van der Waals surface area contributed by atoms with E-state index in [0.29, 0.717) is 32.0 Å². The second kappa shape index (κ2) is 7.30. The molecule has 1 aliphatic heterocycles. The standard InChI is InChI=1S/C19H21FN6O/c1-2-5-14-12-17(26-19(23-14)21-13-22-26)24-8-10-25(11-9-24)18(27)15-6-3-4-7-16(15)20/h3-4,6-7,12-13H,2,5,8-11H2,1H3. The molecule has 0 N–H and O–H groups in total. The molecule has 1 saturated heterocycles. The molecule has 1 aliphatic rings. The van der Waals surface area contributed by atoms with Crippen LogP contribution < -0.4 is 4.90 Å². The lowest BCUT2D eigenvalue weighted by atomic mass is 10.1. The summed E-state index contributed by atoms with van der Waals surface area (Å²) in [5.41, 5.74) is 1.11. The van der Waals surface area contributed by atoms with Crippen LogP contribution in [-0.4, -0.2) is 56.6 Å². The zero-order valence-electron chi connectivity index (χ0n) is 15.2. The fourth-order valence-corrected chi connectivity index (χ4v) is 3.40. The smallest absolute Gasteiger partial charge is 0.256 e. The SMILES string of the molecule is CCCc1cc(N2CCN(C(=O)c3ccccc3F)CC2)n2ncnc2n1. The number of benzene rings is 1. The number of hydrogen-bond donors (Lipinski definition) is 0. The van der Waals surface area contributed by atoms with Crippen molar-refractivity contribution in [1.82, 2.24) is 24.5 Å². The number of nitrogens with zero attached hydrogens (tertiary/aromatic N) is 6. The summed E-state index contributed by atoms with van der Waals surface area (Å²) in [7, 11) is 0. The Labute approximate surface area is 156 Å². The highest BCUT2D eigenvalue weighted by Gasteiger charge is 2.25. The first-order valence-electron chi connectivity index (χ1n) is 9.16. The van der Waals surface area contributed by atoms with Crippen molar-refractivity contribution < 1.29 is 9.18 Å². The van der Waals surface area contributed by atoms with Crippen LogP contribution >= 0.6 is 0 Å². The van der Waals surface area contributed by atoms with E-state index in [1.54, 1.807) is 21.5 Å². The molecule has 0 aliphatic carbocycles. The molecule has 3 aromatic rings. The maximum Gasteiger partial charge on any atom is 0.256 e. The Kier molecular flexibility index (Phi) is 4.70. The van der Waals surface area contributed by atoms with Crippen molar-refractivity contribution in [3.05, 3.63) is 53.7 Å². The molecular formula is C19H21FN6O. The molecule has 0 saturated carbocycles. The van der Waals surface area contributed by atoms with E-state index >= 15 is 0 Å². The number of fused-ring (bicyclic) bond motifs is 1. The van der Waals surface area contributed by atoms with Crippen LogP contribution in [0.4, 0.5) is 10.2 Å². The maximum absolute atomic E-state index is 13.9. The van der Waals surface area contributed by atoms with Crippen LogP contribution in [0.5, 0.6) is 0 Å². The topological polar surface area (TPSA) is 66.6 Å². The molecule has 0 atom stereocenters. The molecule has 3 heterocycles. The van der Waals surface area contributed by atoms with Gasteiger partial charge in [0.15, 0.2) is 0 Å². The number of halogens is 1. The highest BCUT2D eigenvalue weighted by Crippen LogP contribution is 2.20. The Morgan fingerprint density at radius 1 is 1.19 bits per heavy atom. The summed E-state index contributed by atoms with van der Waals surface area (Å²) in [5.74, 6) is 0.771. The van der Waals surface area contributed by atoms with Crippen LogP contribution in [-0.2, 0) is 6.42 Å². The third-order valence-corrected chi connectivity index (χ3v) is 4.79. The second-order valence-corrected chi connectivity index (χ2v) is 6.59. The van der Waals surface area contributed by atoms with Crippen LogP contribution in [0.15, 0.2) is 36.7 Å². The number of amides is 1. The number of anilines is 1. The molecule has 2 aromatic heterocycles. The first-order valence-corrected chi connectivity index (χ1v) is 9.16. The quantitative estimate of drug-likeness (QED) is 0.706. The number of rotatable bonds is 4. The van der Waals surface area contributed by atoms with E-state index in [2.05, 4.69) is 26.9 Å². The second-order valence-electron chi connectivity index (χ2n) is 6.59. The summed E-state index contributed by atoms with van der Waals surface area (Å²) in [5, 5.41) is 4.28. The van der Waals surface area contributed by atoms with E-state index in [1.807, 2.05) is 6.07 Å². The monoisotopic (exact) mass is 368 g/mol. The van der Waals surface area contributed by atoms with E-state index < -0.39 is 5.82 Å². The van der Waals surface area contributed by atoms with Gasteiger partial charge in [-0.1, -0.05) is 25.5 Å². The van der Waals surface area contributed by atoms with Gasteiger partial charge < -0.3 is 9.80 Å². The van der Waals surface area contributed by atoms with Gasteiger partial charge in [0.25, 0.3) is 11.7 Å². The van der Waals surface area contributed by atoms with Crippen molar-refractivity contribution in [3.8, 4) is 0 Å². The van der Waals surface area contributed by atoms with Gasteiger partial charge in [0.05, 0.1) is 5.56 Å². The Bertz CT molecular complexity index is 964. The molecule has 8 heteroatoms. The number of aryl methyl sites for hydroxylation is 1.